The van der Waals surface area contributed by atoms with Gasteiger partial charge in [0.05, 0.1) is 0 Å². The average molecular weight is 276 g/mol. The van der Waals surface area contributed by atoms with E-state index in [-0.39, 0.29) is 18.6 Å². The van der Waals surface area contributed by atoms with E-state index in [0.29, 0.717) is 5.56 Å². The topological polar surface area (TPSA) is 17.1 Å². The molecule has 0 aliphatic carbocycles. The van der Waals surface area contributed by atoms with E-state index in [4.69, 9.17) is 0 Å². The van der Waals surface area contributed by atoms with Gasteiger partial charge in [0.25, 0.3) is 0 Å². The van der Waals surface area contributed by atoms with Gasteiger partial charge in [-0.2, -0.15) is 13.2 Å². The summed E-state index contributed by atoms with van der Waals surface area (Å²) < 4.78 is 48.9. The summed E-state index contributed by atoms with van der Waals surface area (Å²) in [6.07, 6.45) is -5.55. The predicted molar refractivity (Wildman–Crippen MR) is 64.3 cm³/mol. The van der Waals surface area contributed by atoms with E-state index in [9.17, 15) is 22.4 Å². The second-order valence-corrected chi connectivity index (χ2v) is 5.02. The molecule has 0 aliphatic rings. The minimum absolute atomic E-state index is 0.135. The van der Waals surface area contributed by atoms with Crippen LogP contribution in [0.2, 0.25) is 0 Å². The van der Waals surface area contributed by atoms with Crippen LogP contribution in [0.3, 0.4) is 0 Å². The molecule has 0 saturated heterocycles. The number of rotatable bonds is 5. The molecule has 1 aromatic rings. The lowest BCUT2D eigenvalue weighted by Crippen LogP contribution is -2.29. The van der Waals surface area contributed by atoms with Crippen LogP contribution in [0.15, 0.2) is 24.3 Å². The predicted octanol–water partition coefficient (Wildman–Crippen LogP) is 4.41. The van der Waals surface area contributed by atoms with Gasteiger partial charge in [-0.3, -0.25) is 4.79 Å². The lowest BCUT2D eigenvalue weighted by atomic mass is 9.79. The summed E-state index contributed by atoms with van der Waals surface area (Å²) in [5, 5.41) is 0. The maximum atomic E-state index is 12.8. The van der Waals surface area contributed by atoms with Gasteiger partial charge in [-0.15, -0.1) is 0 Å². The van der Waals surface area contributed by atoms with Crippen LogP contribution in [0.5, 0.6) is 0 Å². The lowest BCUT2D eigenvalue weighted by molar-refractivity contribution is -0.137. The third-order valence-electron chi connectivity index (χ3n) is 3.13. The fraction of sp³-hybridized carbons (Fsp3) is 0.500. The SMILES string of the molecule is CC(C)(C(=O)CCCC(F)(F)F)c1ccc(F)cc1. The molecule has 0 heterocycles. The van der Waals surface area contributed by atoms with E-state index >= 15 is 0 Å². The highest BCUT2D eigenvalue weighted by Gasteiger charge is 2.31. The van der Waals surface area contributed by atoms with E-state index in [2.05, 4.69) is 0 Å². The molecule has 0 fully saturated rings. The van der Waals surface area contributed by atoms with Crippen molar-refractivity contribution in [2.45, 2.75) is 44.7 Å². The van der Waals surface area contributed by atoms with Crippen LogP contribution < -0.4 is 0 Å². The first kappa shape index (κ1) is 15.7. The molecule has 5 heteroatoms. The monoisotopic (exact) mass is 276 g/mol. The first-order valence-electron chi connectivity index (χ1n) is 5.99. The highest BCUT2D eigenvalue weighted by Crippen LogP contribution is 2.28. The Balaban J connectivity index is 2.66. The summed E-state index contributed by atoms with van der Waals surface area (Å²) in [4.78, 5) is 12.0. The number of benzene rings is 1. The third-order valence-corrected chi connectivity index (χ3v) is 3.13. The van der Waals surface area contributed by atoms with Gasteiger partial charge in [0.15, 0.2) is 0 Å². The summed E-state index contributed by atoms with van der Waals surface area (Å²) in [6, 6.07) is 5.44. The first-order chi connectivity index (χ1) is 8.63. The normalized spacial score (nSPS) is 12.5. The fourth-order valence-electron chi connectivity index (χ4n) is 1.79. The molecule has 0 N–H and O–H groups in total. The van der Waals surface area contributed by atoms with Crippen molar-refractivity contribution in [1.29, 1.82) is 0 Å². The number of Topliss-reactive ketones (excluding diaryl/α,β-unsaturated/α-hetero) is 1. The van der Waals surface area contributed by atoms with Gasteiger partial charge in [0.1, 0.15) is 11.6 Å². The minimum atomic E-state index is -4.24. The molecule has 0 amide bonds. The molecule has 0 saturated carbocycles. The second-order valence-electron chi connectivity index (χ2n) is 5.02. The number of carbonyl (C=O) groups excluding carboxylic acids is 1. The number of ketones is 1. The van der Waals surface area contributed by atoms with Crippen molar-refractivity contribution in [1.82, 2.24) is 0 Å². The van der Waals surface area contributed by atoms with E-state index in [1.165, 1.54) is 24.3 Å². The quantitative estimate of drug-likeness (QED) is 0.728. The number of hydrogen-bond donors (Lipinski definition) is 0. The fourth-order valence-corrected chi connectivity index (χ4v) is 1.79. The van der Waals surface area contributed by atoms with Crippen LogP contribution in [-0.4, -0.2) is 12.0 Å². The Bertz CT molecular complexity index is 432. The lowest BCUT2D eigenvalue weighted by Gasteiger charge is -2.24. The van der Waals surface area contributed by atoms with Crippen LogP contribution in [-0.2, 0) is 10.2 Å². The van der Waals surface area contributed by atoms with Crippen molar-refractivity contribution in [2.24, 2.45) is 0 Å². The van der Waals surface area contributed by atoms with E-state index in [1.807, 2.05) is 0 Å². The van der Waals surface area contributed by atoms with Crippen LogP contribution in [0.1, 0.15) is 38.7 Å². The third kappa shape index (κ3) is 4.65. The van der Waals surface area contributed by atoms with Crippen LogP contribution in [0.25, 0.3) is 0 Å². The van der Waals surface area contributed by atoms with Crippen LogP contribution >= 0.6 is 0 Å². The van der Waals surface area contributed by atoms with Crippen LogP contribution in [0.4, 0.5) is 17.6 Å². The summed E-state index contributed by atoms with van der Waals surface area (Å²) in [5.41, 5.74) is -0.301. The van der Waals surface area contributed by atoms with E-state index in [1.54, 1.807) is 13.8 Å². The van der Waals surface area contributed by atoms with Crippen molar-refractivity contribution in [3.63, 3.8) is 0 Å². The second kappa shape index (κ2) is 5.72. The highest BCUT2D eigenvalue weighted by molar-refractivity contribution is 5.89. The van der Waals surface area contributed by atoms with E-state index < -0.39 is 23.8 Å². The summed E-state index contributed by atoms with van der Waals surface area (Å²) in [6.45, 7) is 3.27. The van der Waals surface area contributed by atoms with Crippen molar-refractivity contribution >= 4 is 5.78 Å². The van der Waals surface area contributed by atoms with E-state index in [0.717, 1.165) is 0 Å². The van der Waals surface area contributed by atoms with Gasteiger partial charge in [0.2, 0.25) is 0 Å². The zero-order valence-corrected chi connectivity index (χ0v) is 10.9. The Labute approximate surface area is 109 Å². The molecule has 1 rings (SSSR count). The summed E-state index contributed by atoms with van der Waals surface area (Å²) >= 11 is 0. The van der Waals surface area contributed by atoms with Gasteiger partial charge in [-0.25, -0.2) is 4.39 Å². The van der Waals surface area contributed by atoms with Gasteiger partial charge in [-0.1, -0.05) is 12.1 Å². The van der Waals surface area contributed by atoms with Gasteiger partial charge in [-0.05, 0) is 38.0 Å². The Morgan fingerprint density at radius 1 is 1.11 bits per heavy atom. The Morgan fingerprint density at radius 3 is 2.11 bits per heavy atom. The standard InChI is InChI=1S/C14H16F4O/c1-13(2,10-5-7-11(15)8-6-10)12(19)4-3-9-14(16,17)18/h5-8H,3-4,9H2,1-2H3. The van der Waals surface area contributed by atoms with Gasteiger partial charge in [0, 0.05) is 18.3 Å². The largest absolute Gasteiger partial charge is 0.389 e. The molecular weight excluding hydrogens is 260 g/mol. The average Bonchev–Trinajstić information content (AvgIpc) is 2.27. The summed E-state index contributed by atoms with van der Waals surface area (Å²) in [7, 11) is 0. The Hall–Kier alpha value is -1.39. The smallest absolute Gasteiger partial charge is 0.299 e. The van der Waals surface area contributed by atoms with Crippen molar-refractivity contribution in [3.8, 4) is 0 Å². The number of hydrogen-bond acceptors (Lipinski definition) is 1. The molecule has 0 aromatic heterocycles. The minimum Gasteiger partial charge on any atom is -0.299 e. The molecule has 0 spiro atoms. The molecule has 19 heavy (non-hydrogen) atoms. The van der Waals surface area contributed by atoms with Crippen molar-refractivity contribution in [3.05, 3.63) is 35.6 Å². The molecule has 106 valence electrons. The van der Waals surface area contributed by atoms with Crippen molar-refractivity contribution in [2.75, 3.05) is 0 Å². The Morgan fingerprint density at radius 2 is 1.63 bits per heavy atom. The summed E-state index contributed by atoms with van der Waals surface area (Å²) in [5.74, 6) is -0.688. The molecule has 0 bridgehead atoms. The van der Waals surface area contributed by atoms with Gasteiger partial charge >= 0.3 is 6.18 Å². The number of carbonyl (C=O) groups is 1. The zero-order valence-electron chi connectivity index (χ0n) is 10.9. The number of halogens is 4. The maximum Gasteiger partial charge on any atom is 0.389 e. The van der Waals surface area contributed by atoms with Gasteiger partial charge < -0.3 is 0 Å². The zero-order chi connectivity index (χ0) is 14.7. The maximum absolute atomic E-state index is 12.8. The first-order valence-corrected chi connectivity index (χ1v) is 5.99. The molecule has 0 atom stereocenters. The Kier molecular flexibility index (Phi) is 4.71. The molecule has 1 nitrogen and oxygen atoms in total. The molecule has 0 unspecified atom stereocenters. The van der Waals surface area contributed by atoms with Crippen molar-refractivity contribution < 1.29 is 22.4 Å². The number of alkyl halides is 3. The molecule has 0 aliphatic heterocycles. The molecular formula is C14H16F4O. The molecule has 1 aromatic carbocycles. The van der Waals surface area contributed by atoms with Crippen LogP contribution in [0, 0.1) is 5.82 Å². The molecule has 0 radical (unpaired) electrons. The highest BCUT2D eigenvalue weighted by atomic mass is 19.4.